The summed E-state index contributed by atoms with van der Waals surface area (Å²) in [6.45, 7) is 3.46. The standard InChI is InChI=1S/C15H22N4O.HI/c1-3-17-15(19-13-7-8-13)18-10-11-5-4-6-12(9-11)14(20)16-2;/h4-6,9,13H,3,7-8,10H2,1-2H3,(H,16,20)(H2,17,18,19);1H. The van der Waals surface area contributed by atoms with Gasteiger partial charge < -0.3 is 16.0 Å². The van der Waals surface area contributed by atoms with E-state index < -0.39 is 0 Å². The molecule has 0 bridgehead atoms. The molecule has 0 saturated heterocycles. The molecule has 0 spiro atoms. The maximum Gasteiger partial charge on any atom is 0.251 e. The third-order valence-electron chi connectivity index (χ3n) is 3.10. The van der Waals surface area contributed by atoms with Crippen LogP contribution in [-0.2, 0) is 6.54 Å². The Kier molecular flexibility index (Phi) is 7.49. The fraction of sp³-hybridized carbons (Fsp3) is 0.467. The van der Waals surface area contributed by atoms with E-state index in [9.17, 15) is 4.79 Å². The summed E-state index contributed by atoms with van der Waals surface area (Å²) in [6, 6.07) is 8.13. The van der Waals surface area contributed by atoms with Gasteiger partial charge in [-0.15, -0.1) is 24.0 Å². The van der Waals surface area contributed by atoms with Crippen LogP contribution in [0.5, 0.6) is 0 Å². The molecule has 0 radical (unpaired) electrons. The van der Waals surface area contributed by atoms with E-state index in [2.05, 4.69) is 27.9 Å². The number of carbonyl (C=O) groups excluding carboxylic acids is 1. The SMILES string of the molecule is CCNC(=NCc1cccc(C(=O)NC)c1)NC1CC1.I. The van der Waals surface area contributed by atoms with Gasteiger partial charge in [0.15, 0.2) is 5.96 Å². The van der Waals surface area contributed by atoms with Crippen molar-refractivity contribution in [1.29, 1.82) is 0 Å². The molecule has 1 aliphatic carbocycles. The lowest BCUT2D eigenvalue weighted by molar-refractivity contribution is 0.0963. The highest BCUT2D eigenvalue weighted by Gasteiger charge is 2.21. The topological polar surface area (TPSA) is 65.5 Å². The first-order valence-electron chi connectivity index (χ1n) is 7.08. The zero-order valence-corrected chi connectivity index (χ0v) is 14.8. The van der Waals surface area contributed by atoms with Crippen LogP contribution in [0.15, 0.2) is 29.3 Å². The van der Waals surface area contributed by atoms with E-state index >= 15 is 0 Å². The van der Waals surface area contributed by atoms with Gasteiger partial charge in [0.25, 0.3) is 5.91 Å². The third-order valence-corrected chi connectivity index (χ3v) is 3.10. The minimum atomic E-state index is -0.0705. The first-order chi connectivity index (χ1) is 9.72. The molecule has 1 saturated carbocycles. The second-order valence-corrected chi connectivity index (χ2v) is 4.89. The largest absolute Gasteiger partial charge is 0.357 e. The first kappa shape index (κ1) is 17.7. The number of hydrogen-bond acceptors (Lipinski definition) is 2. The molecule has 1 fully saturated rings. The molecule has 116 valence electrons. The summed E-state index contributed by atoms with van der Waals surface area (Å²) >= 11 is 0. The summed E-state index contributed by atoms with van der Waals surface area (Å²) in [4.78, 5) is 16.1. The highest BCUT2D eigenvalue weighted by Crippen LogP contribution is 2.18. The number of carbonyl (C=O) groups is 1. The zero-order chi connectivity index (χ0) is 14.4. The Balaban J connectivity index is 0.00000220. The van der Waals surface area contributed by atoms with Crippen molar-refractivity contribution >= 4 is 35.8 Å². The van der Waals surface area contributed by atoms with E-state index in [1.165, 1.54) is 12.8 Å². The van der Waals surface area contributed by atoms with Crippen molar-refractivity contribution in [2.45, 2.75) is 32.4 Å². The van der Waals surface area contributed by atoms with Gasteiger partial charge in [-0.2, -0.15) is 0 Å². The van der Waals surface area contributed by atoms with Crippen LogP contribution in [0, 0.1) is 0 Å². The van der Waals surface area contributed by atoms with Gasteiger partial charge in [-0.05, 0) is 37.5 Å². The Morgan fingerprint density at radius 1 is 1.38 bits per heavy atom. The Morgan fingerprint density at radius 3 is 2.76 bits per heavy atom. The van der Waals surface area contributed by atoms with Gasteiger partial charge in [0.1, 0.15) is 0 Å². The van der Waals surface area contributed by atoms with Crippen LogP contribution >= 0.6 is 24.0 Å². The van der Waals surface area contributed by atoms with Gasteiger partial charge in [0.2, 0.25) is 0 Å². The van der Waals surface area contributed by atoms with E-state index in [4.69, 9.17) is 0 Å². The summed E-state index contributed by atoms with van der Waals surface area (Å²) in [7, 11) is 1.63. The fourth-order valence-corrected chi connectivity index (χ4v) is 1.87. The molecule has 0 unspecified atom stereocenters. The number of nitrogens with one attached hydrogen (secondary N) is 3. The number of nitrogens with zero attached hydrogens (tertiary/aromatic N) is 1. The molecule has 0 aliphatic heterocycles. The minimum absolute atomic E-state index is 0. The van der Waals surface area contributed by atoms with E-state index in [0.29, 0.717) is 18.2 Å². The molecule has 0 atom stereocenters. The molecule has 1 aromatic carbocycles. The fourth-order valence-electron chi connectivity index (χ4n) is 1.87. The molecular weight excluding hydrogens is 379 g/mol. The van der Waals surface area contributed by atoms with Gasteiger partial charge in [0.05, 0.1) is 6.54 Å². The van der Waals surface area contributed by atoms with Crippen LogP contribution in [0.4, 0.5) is 0 Å². The molecule has 21 heavy (non-hydrogen) atoms. The van der Waals surface area contributed by atoms with Crippen molar-refractivity contribution in [3.8, 4) is 0 Å². The molecule has 0 aromatic heterocycles. The highest BCUT2D eigenvalue weighted by molar-refractivity contribution is 14.0. The second kappa shape index (κ2) is 8.86. The molecule has 6 heteroatoms. The molecule has 5 nitrogen and oxygen atoms in total. The first-order valence-corrected chi connectivity index (χ1v) is 7.08. The lowest BCUT2D eigenvalue weighted by Gasteiger charge is -2.10. The number of guanidine groups is 1. The van der Waals surface area contributed by atoms with Crippen molar-refractivity contribution in [3.63, 3.8) is 0 Å². The maximum absolute atomic E-state index is 11.6. The van der Waals surface area contributed by atoms with E-state index in [0.717, 1.165) is 18.1 Å². The van der Waals surface area contributed by atoms with Crippen molar-refractivity contribution in [3.05, 3.63) is 35.4 Å². The number of rotatable bonds is 5. The van der Waals surface area contributed by atoms with Crippen LogP contribution in [0.25, 0.3) is 0 Å². The number of benzene rings is 1. The average molecular weight is 402 g/mol. The van der Waals surface area contributed by atoms with Crippen molar-refractivity contribution in [2.75, 3.05) is 13.6 Å². The quantitative estimate of drug-likeness (QED) is 0.401. The highest BCUT2D eigenvalue weighted by atomic mass is 127. The maximum atomic E-state index is 11.6. The molecule has 1 aromatic rings. The van der Waals surface area contributed by atoms with E-state index in [1.807, 2.05) is 18.2 Å². The number of amides is 1. The summed E-state index contributed by atoms with van der Waals surface area (Å²) in [5, 5.41) is 9.23. The predicted molar refractivity (Wildman–Crippen MR) is 96.2 cm³/mol. The Morgan fingerprint density at radius 2 is 2.14 bits per heavy atom. The Labute approximate surface area is 143 Å². The van der Waals surface area contributed by atoms with Gasteiger partial charge in [0, 0.05) is 25.2 Å². The lowest BCUT2D eigenvalue weighted by Crippen LogP contribution is -2.38. The molecule has 0 heterocycles. The summed E-state index contributed by atoms with van der Waals surface area (Å²) in [5.74, 6) is 0.777. The summed E-state index contributed by atoms with van der Waals surface area (Å²) < 4.78 is 0. The van der Waals surface area contributed by atoms with Crippen molar-refractivity contribution in [1.82, 2.24) is 16.0 Å². The number of halogens is 1. The van der Waals surface area contributed by atoms with Crippen molar-refractivity contribution < 1.29 is 4.79 Å². The summed E-state index contributed by atoms with van der Waals surface area (Å²) in [6.07, 6.45) is 2.44. The smallest absolute Gasteiger partial charge is 0.251 e. The normalized spacial score (nSPS) is 14.1. The zero-order valence-electron chi connectivity index (χ0n) is 12.5. The van der Waals surface area contributed by atoms with E-state index in [1.54, 1.807) is 13.1 Å². The monoisotopic (exact) mass is 402 g/mol. The van der Waals surface area contributed by atoms with Crippen LogP contribution in [0.1, 0.15) is 35.7 Å². The number of hydrogen-bond donors (Lipinski definition) is 3. The average Bonchev–Trinajstić information content (AvgIpc) is 3.28. The van der Waals surface area contributed by atoms with Crippen LogP contribution in [-0.4, -0.2) is 31.5 Å². The lowest BCUT2D eigenvalue weighted by atomic mass is 10.1. The molecule has 2 rings (SSSR count). The minimum Gasteiger partial charge on any atom is -0.357 e. The van der Waals surface area contributed by atoms with Crippen LogP contribution in [0.3, 0.4) is 0 Å². The van der Waals surface area contributed by atoms with Gasteiger partial charge in [-0.25, -0.2) is 4.99 Å². The molecular formula is C15H23IN4O. The third kappa shape index (κ3) is 5.91. The van der Waals surface area contributed by atoms with Gasteiger partial charge >= 0.3 is 0 Å². The van der Waals surface area contributed by atoms with Crippen LogP contribution < -0.4 is 16.0 Å². The van der Waals surface area contributed by atoms with Gasteiger partial charge in [-0.3, -0.25) is 4.79 Å². The number of aliphatic imine (C=N–C) groups is 1. The molecule has 1 amide bonds. The summed E-state index contributed by atoms with van der Waals surface area (Å²) in [5.41, 5.74) is 1.69. The Hall–Kier alpha value is -1.31. The predicted octanol–water partition coefficient (Wildman–Crippen LogP) is 1.88. The molecule has 1 aliphatic rings. The van der Waals surface area contributed by atoms with E-state index in [-0.39, 0.29) is 29.9 Å². The van der Waals surface area contributed by atoms with Crippen LogP contribution in [0.2, 0.25) is 0 Å². The van der Waals surface area contributed by atoms with Gasteiger partial charge in [-0.1, -0.05) is 12.1 Å². The molecule has 3 N–H and O–H groups in total. The van der Waals surface area contributed by atoms with Crippen molar-refractivity contribution in [2.24, 2.45) is 4.99 Å². The second-order valence-electron chi connectivity index (χ2n) is 4.89. The Bertz CT molecular complexity index is 500.